The minimum absolute atomic E-state index is 0. The van der Waals surface area contributed by atoms with Crippen LogP contribution in [0.1, 0.15) is 30.4 Å². The number of aromatic nitrogens is 2. The van der Waals surface area contributed by atoms with Crippen molar-refractivity contribution in [2.24, 2.45) is 7.05 Å². The van der Waals surface area contributed by atoms with Gasteiger partial charge in [-0.25, -0.2) is 4.57 Å². The Morgan fingerprint density at radius 1 is 1.07 bits per heavy atom. The molecular weight excluding hydrogens is 456 g/mol. The summed E-state index contributed by atoms with van der Waals surface area (Å²) in [7, 11) is 1.00. The number of benzene rings is 1. The van der Waals surface area contributed by atoms with Crippen LogP contribution in [0.3, 0.4) is 0 Å². The molecule has 1 saturated heterocycles. The van der Waals surface area contributed by atoms with E-state index in [1.807, 2.05) is 12.3 Å². The summed E-state index contributed by atoms with van der Waals surface area (Å²) in [5, 5.41) is 1.76. The van der Waals surface area contributed by atoms with Crippen molar-refractivity contribution in [1.82, 2.24) is 4.98 Å². The van der Waals surface area contributed by atoms with Crippen LogP contribution in [-0.4, -0.2) is 21.5 Å². The Labute approximate surface area is 209 Å². The minimum atomic E-state index is -1.22. The maximum Gasteiger partial charge on any atom is 0.161 e. The molecule has 3 aromatic rings. The fourth-order valence-corrected chi connectivity index (χ4v) is 10.8. The molecule has 1 fully saturated rings. The molecule has 2 nitrogen and oxygen atoms in total. The first-order chi connectivity index (χ1) is 13.7. The van der Waals surface area contributed by atoms with Gasteiger partial charge in [-0.15, -0.1) is 17.7 Å². The topological polar surface area (TPSA) is 16.8 Å². The molecule has 0 atom stereocenters. The molecule has 0 bridgehead atoms. The largest absolute Gasteiger partial charge is 0.368 e. The van der Waals surface area contributed by atoms with Gasteiger partial charge in [0.2, 0.25) is 0 Å². The molecule has 1 aromatic carbocycles. The Hall–Kier alpha value is -1.09. The van der Waals surface area contributed by atoms with Crippen molar-refractivity contribution in [2.45, 2.75) is 50.7 Å². The maximum absolute atomic E-state index is 4.25. The van der Waals surface area contributed by atoms with Gasteiger partial charge in [-0.1, -0.05) is 56.2 Å². The molecule has 1 spiro atoms. The molecule has 4 radical (unpaired) electrons. The van der Waals surface area contributed by atoms with Gasteiger partial charge in [0.15, 0.2) is 6.20 Å². The Kier molecular flexibility index (Phi) is 7.53. The van der Waals surface area contributed by atoms with Crippen LogP contribution in [0, 0.1) is 19.1 Å². The van der Waals surface area contributed by atoms with E-state index in [2.05, 4.69) is 60.1 Å². The van der Waals surface area contributed by atoms with Crippen LogP contribution in [0.15, 0.2) is 42.9 Å². The van der Waals surface area contributed by atoms with Gasteiger partial charge in [-0.3, -0.25) is 0 Å². The van der Waals surface area contributed by atoms with Gasteiger partial charge in [0.25, 0.3) is 0 Å². The minimum Gasteiger partial charge on any atom is -0.368 e. The van der Waals surface area contributed by atoms with E-state index < -0.39 is 8.07 Å². The standard InChI is InChI=1S/C25H27N2Si.B.Y/c1-19-8-9-20(22-7-6-11-26-17-22)15-23(19)24-16-21-10-14-28(12-4-3-5-13-28)25(21)18-27(24)2;;/h6,8-9,11,16-18H,3-5,10,12-14H2,1-2H3;;/q-1;;. The van der Waals surface area contributed by atoms with Crippen LogP contribution in [0.4, 0.5) is 0 Å². The Bertz CT molecular complexity index is 1030. The Balaban J connectivity index is 0.00000128. The number of fused-ring (bicyclic) bond motifs is 2. The smallest absolute Gasteiger partial charge is 0.161 e. The van der Waals surface area contributed by atoms with E-state index in [0.717, 1.165) is 11.1 Å². The quantitative estimate of drug-likeness (QED) is 0.304. The molecular formula is C25H27BN2SiY-. The van der Waals surface area contributed by atoms with Crippen molar-refractivity contribution >= 4 is 21.7 Å². The van der Waals surface area contributed by atoms with E-state index >= 15 is 0 Å². The normalized spacial score (nSPS) is 16.5. The molecule has 0 saturated carbocycles. The van der Waals surface area contributed by atoms with Crippen molar-refractivity contribution in [3.8, 4) is 22.4 Å². The average Bonchev–Trinajstić information content (AvgIpc) is 3.06. The van der Waals surface area contributed by atoms with Crippen LogP contribution < -0.4 is 9.75 Å². The number of hydrogen-bond acceptors (Lipinski definition) is 1. The first-order valence-electron chi connectivity index (χ1n) is 10.5. The molecule has 2 aromatic heterocycles. The molecule has 2 aliphatic heterocycles. The van der Waals surface area contributed by atoms with Gasteiger partial charge in [0.05, 0.1) is 8.07 Å². The first-order valence-corrected chi connectivity index (χ1v) is 13.2. The number of pyridine rings is 2. The summed E-state index contributed by atoms with van der Waals surface area (Å²) >= 11 is 0. The molecule has 2 aliphatic rings. The summed E-state index contributed by atoms with van der Waals surface area (Å²) in [5.74, 6) is 0. The molecule has 0 unspecified atom stereocenters. The van der Waals surface area contributed by atoms with Crippen LogP contribution >= 0.6 is 0 Å². The summed E-state index contributed by atoms with van der Waals surface area (Å²) in [4.78, 5) is 4.25. The maximum atomic E-state index is 4.25. The Morgan fingerprint density at radius 3 is 2.60 bits per heavy atom. The first kappa shape index (κ1) is 23.6. The van der Waals surface area contributed by atoms with E-state index in [1.54, 1.807) is 16.9 Å². The molecule has 148 valence electrons. The van der Waals surface area contributed by atoms with Crippen molar-refractivity contribution in [3.05, 3.63) is 66.1 Å². The van der Waals surface area contributed by atoms with Crippen LogP contribution in [0.25, 0.3) is 22.4 Å². The second-order valence-corrected chi connectivity index (χ2v) is 13.2. The zero-order valence-corrected chi connectivity index (χ0v) is 21.9. The summed E-state index contributed by atoms with van der Waals surface area (Å²) in [5.41, 5.74) is 7.43. The predicted molar refractivity (Wildman–Crippen MR) is 122 cm³/mol. The van der Waals surface area contributed by atoms with Gasteiger partial charge < -0.3 is 4.98 Å². The van der Waals surface area contributed by atoms with E-state index in [4.69, 9.17) is 0 Å². The van der Waals surface area contributed by atoms with Crippen molar-refractivity contribution in [2.75, 3.05) is 0 Å². The third-order valence-corrected chi connectivity index (χ3v) is 12.3. The van der Waals surface area contributed by atoms with Gasteiger partial charge in [0, 0.05) is 46.3 Å². The summed E-state index contributed by atoms with van der Waals surface area (Å²) in [6, 6.07) is 20.1. The second-order valence-electron chi connectivity index (χ2n) is 8.63. The summed E-state index contributed by atoms with van der Waals surface area (Å²) in [6.45, 7) is 2.19. The molecule has 0 amide bonds. The third-order valence-electron chi connectivity index (χ3n) is 6.92. The van der Waals surface area contributed by atoms with Crippen LogP contribution in [0.2, 0.25) is 18.1 Å². The SMILES string of the molecule is Cc1ccc(-c2[c-]ccnc2)[c-]c1-c1cc2c(c[n+]1C)[Si]1(CCCCC1)CC2.[B].[Y]. The molecule has 5 rings (SSSR count). The zero-order valence-electron chi connectivity index (χ0n) is 18.0. The van der Waals surface area contributed by atoms with Gasteiger partial charge in [0.1, 0.15) is 12.7 Å². The van der Waals surface area contributed by atoms with Crippen molar-refractivity contribution < 1.29 is 37.3 Å². The third kappa shape index (κ3) is 4.16. The molecule has 0 N–H and O–H groups in total. The van der Waals surface area contributed by atoms with Crippen LogP contribution in [-0.2, 0) is 46.2 Å². The molecule has 5 heteroatoms. The predicted octanol–water partition coefficient (Wildman–Crippen LogP) is 4.16. The van der Waals surface area contributed by atoms with Crippen LogP contribution in [0.5, 0.6) is 0 Å². The van der Waals surface area contributed by atoms with E-state index in [1.165, 1.54) is 60.6 Å². The van der Waals surface area contributed by atoms with E-state index in [0.29, 0.717) is 0 Å². The van der Waals surface area contributed by atoms with Gasteiger partial charge >= 0.3 is 0 Å². The van der Waals surface area contributed by atoms with E-state index in [9.17, 15) is 0 Å². The molecule has 4 heterocycles. The van der Waals surface area contributed by atoms with Crippen molar-refractivity contribution in [1.29, 1.82) is 0 Å². The van der Waals surface area contributed by atoms with Gasteiger partial charge in [-0.2, -0.15) is 29.3 Å². The average molecular weight is 483 g/mol. The molecule has 0 aliphatic carbocycles. The Morgan fingerprint density at radius 2 is 1.87 bits per heavy atom. The number of aryl methyl sites for hydroxylation is 3. The monoisotopic (exact) mass is 483 g/mol. The molecule has 30 heavy (non-hydrogen) atoms. The summed E-state index contributed by atoms with van der Waals surface area (Å²) in [6.07, 6.45) is 11.8. The fourth-order valence-electron chi connectivity index (χ4n) is 5.34. The van der Waals surface area contributed by atoms with Crippen molar-refractivity contribution in [3.63, 3.8) is 0 Å². The number of rotatable bonds is 2. The fraction of sp³-hybridized carbons (Fsp3) is 0.360. The second kappa shape index (κ2) is 9.59. The zero-order chi connectivity index (χ0) is 19.1. The number of nitrogens with zero attached hydrogens (tertiary/aromatic N) is 2. The van der Waals surface area contributed by atoms with Gasteiger partial charge in [-0.05, 0) is 24.1 Å². The summed E-state index contributed by atoms with van der Waals surface area (Å²) < 4.78 is 2.36. The number of hydrogen-bond donors (Lipinski definition) is 0. The van der Waals surface area contributed by atoms with E-state index in [-0.39, 0.29) is 41.1 Å².